The van der Waals surface area contributed by atoms with Crippen LogP contribution in [0.5, 0.6) is 0 Å². The third-order valence-electron chi connectivity index (χ3n) is 3.70. The molecule has 0 spiro atoms. The summed E-state index contributed by atoms with van der Waals surface area (Å²) in [4.78, 5) is 28.8. The monoisotopic (exact) mass is 345 g/mol. The fraction of sp³-hybridized carbons (Fsp3) is 0.278. The molecule has 0 aliphatic carbocycles. The zero-order valence-electron chi connectivity index (χ0n) is 13.6. The Kier molecular flexibility index (Phi) is 4.28. The summed E-state index contributed by atoms with van der Waals surface area (Å²) in [6.45, 7) is 5.33. The molecule has 0 saturated heterocycles. The molecule has 2 heterocycles. The average molecular weight is 346 g/mol. The van der Waals surface area contributed by atoms with Crippen LogP contribution in [0.1, 0.15) is 46.0 Å². The molecule has 0 unspecified atom stereocenters. The lowest BCUT2D eigenvalue weighted by atomic mass is 9.93. The SMILES string of the molecule is Cc1nc2c(c(-c3ccc(Cl)cc3)c1C(=O)OC(C)C)COC2=O. The Morgan fingerprint density at radius 3 is 2.58 bits per heavy atom. The number of fused-ring (bicyclic) bond motifs is 1. The van der Waals surface area contributed by atoms with Crippen LogP contribution in [0, 0.1) is 6.92 Å². The van der Waals surface area contributed by atoms with E-state index in [2.05, 4.69) is 4.98 Å². The Bertz CT molecular complexity index is 828. The number of esters is 2. The lowest BCUT2D eigenvalue weighted by molar-refractivity contribution is 0.0377. The maximum Gasteiger partial charge on any atom is 0.357 e. The number of carbonyl (C=O) groups excluding carboxylic acids is 2. The van der Waals surface area contributed by atoms with Crippen molar-refractivity contribution < 1.29 is 19.1 Å². The van der Waals surface area contributed by atoms with E-state index in [1.165, 1.54) is 0 Å². The number of aryl methyl sites for hydroxylation is 1. The van der Waals surface area contributed by atoms with E-state index in [0.29, 0.717) is 27.4 Å². The number of halogens is 1. The van der Waals surface area contributed by atoms with Crippen molar-refractivity contribution in [3.63, 3.8) is 0 Å². The first-order valence-corrected chi connectivity index (χ1v) is 7.93. The summed E-state index contributed by atoms with van der Waals surface area (Å²) in [6, 6.07) is 7.06. The average Bonchev–Trinajstić information content (AvgIpc) is 2.87. The molecule has 6 heteroatoms. The van der Waals surface area contributed by atoms with E-state index in [9.17, 15) is 9.59 Å². The normalized spacial score (nSPS) is 13.0. The quantitative estimate of drug-likeness (QED) is 0.788. The number of cyclic esters (lactones) is 1. The molecule has 1 aromatic carbocycles. The molecule has 3 rings (SSSR count). The number of ether oxygens (including phenoxy) is 2. The summed E-state index contributed by atoms with van der Waals surface area (Å²) < 4.78 is 10.5. The van der Waals surface area contributed by atoms with Gasteiger partial charge in [0.15, 0.2) is 5.69 Å². The predicted molar refractivity (Wildman–Crippen MR) is 89.1 cm³/mol. The minimum Gasteiger partial charge on any atom is -0.459 e. The first-order valence-electron chi connectivity index (χ1n) is 7.56. The van der Waals surface area contributed by atoms with Gasteiger partial charge in [-0.25, -0.2) is 14.6 Å². The van der Waals surface area contributed by atoms with Gasteiger partial charge >= 0.3 is 11.9 Å². The van der Waals surface area contributed by atoms with E-state index in [1.54, 1.807) is 45.0 Å². The van der Waals surface area contributed by atoms with Gasteiger partial charge in [0.05, 0.1) is 17.4 Å². The molecule has 24 heavy (non-hydrogen) atoms. The van der Waals surface area contributed by atoms with Crippen LogP contribution in [0.15, 0.2) is 24.3 Å². The molecule has 1 aromatic heterocycles. The van der Waals surface area contributed by atoms with Gasteiger partial charge in [-0.2, -0.15) is 0 Å². The molecule has 0 bridgehead atoms. The number of rotatable bonds is 3. The number of aromatic nitrogens is 1. The van der Waals surface area contributed by atoms with Gasteiger partial charge < -0.3 is 9.47 Å². The number of hydrogen-bond donors (Lipinski definition) is 0. The van der Waals surface area contributed by atoms with E-state index in [-0.39, 0.29) is 18.4 Å². The highest BCUT2D eigenvalue weighted by molar-refractivity contribution is 6.30. The Hall–Kier alpha value is -2.40. The highest BCUT2D eigenvalue weighted by Gasteiger charge is 2.32. The molecule has 0 fully saturated rings. The van der Waals surface area contributed by atoms with Gasteiger partial charge in [0, 0.05) is 16.1 Å². The topological polar surface area (TPSA) is 65.5 Å². The summed E-state index contributed by atoms with van der Waals surface area (Å²) in [6.07, 6.45) is -0.263. The zero-order chi connectivity index (χ0) is 17.4. The summed E-state index contributed by atoms with van der Waals surface area (Å²) in [5.41, 5.74) is 3.01. The minimum absolute atomic E-state index is 0.0847. The lowest BCUT2D eigenvalue weighted by Crippen LogP contribution is -2.16. The van der Waals surface area contributed by atoms with Crippen LogP contribution in [0.25, 0.3) is 11.1 Å². The molecular weight excluding hydrogens is 330 g/mol. The van der Waals surface area contributed by atoms with E-state index in [1.807, 2.05) is 0 Å². The Balaban J connectivity index is 2.27. The van der Waals surface area contributed by atoms with E-state index in [4.69, 9.17) is 21.1 Å². The van der Waals surface area contributed by atoms with Gasteiger partial charge in [-0.3, -0.25) is 0 Å². The summed E-state index contributed by atoms with van der Waals surface area (Å²) in [5.74, 6) is -0.950. The number of nitrogens with zero attached hydrogens (tertiary/aromatic N) is 1. The highest BCUT2D eigenvalue weighted by Crippen LogP contribution is 2.36. The molecule has 2 aromatic rings. The van der Waals surface area contributed by atoms with Crippen molar-refractivity contribution in [1.82, 2.24) is 4.98 Å². The molecular formula is C18H16ClNO4. The van der Waals surface area contributed by atoms with Crippen LogP contribution >= 0.6 is 11.6 Å². The smallest absolute Gasteiger partial charge is 0.357 e. The fourth-order valence-electron chi connectivity index (χ4n) is 2.71. The first-order chi connectivity index (χ1) is 11.4. The van der Waals surface area contributed by atoms with Crippen LogP contribution in [0.4, 0.5) is 0 Å². The van der Waals surface area contributed by atoms with E-state index in [0.717, 1.165) is 5.56 Å². The van der Waals surface area contributed by atoms with Crippen molar-refractivity contribution in [3.8, 4) is 11.1 Å². The predicted octanol–water partition coefficient (Wildman–Crippen LogP) is 3.95. The van der Waals surface area contributed by atoms with Crippen LogP contribution < -0.4 is 0 Å². The molecule has 1 aliphatic rings. The second kappa shape index (κ2) is 6.24. The molecule has 0 radical (unpaired) electrons. The Morgan fingerprint density at radius 2 is 1.96 bits per heavy atom. The van der Waals surface area contributed by atoms with Crippen molar-refractivity contribution in [1.29, 1.82) is 0 Å². The Labute approximate surface area is 144 Å². The van der Waals surface area contributed by atoms with Crippen molar-refractivity contribution >= 4 is 23.5 Å². The molecule has 0 atom stereocenters. The summed E-state index contributed by atoms with van der Waals surface area (Å²) in [7, 11) is 0. The van der Waals surface area contributed by atoms with E-state index >= 15 is 0 Å². The lowest BCUT2D eigenvalue weighted by Gasteiger charge is -2.16. The second-order valence-electron chi connectivity index (χ2n) is 5.81. The van der Waals surface area contributed by atoms with Crippen LogP contribution in [0.3, 0.4) is 0 Å². The van der Waals surface area contributed by atoms with Crippen LogP contribution in [-0.2, 0) is 16.1 Å². The third-order valence-corrected chi connectivity index (χ3v) is 3.95. The summed E-state index contributed by atoms with van der Waals surface area (Å²) in [5, 5.41) is 0.583. The number of benzene rings is 1. The zero-order valence-corrected chi connectivity index (χ0v) is 14.3. The second-order valence-corrected chi connectivity index (χ2v) is 6.25. The van der Waals surface area contributed by atoms with Crippen LogP contribution in [0.2, 0.25) is 5.02 Å². The van der Waals surface area contributed by atoms with Crippen molar-refractivity contribution in [2.75, 3.05) is 0 Å². The van der Waals surface area contributed by atoms with Gasteiger partial charge in [-0.1, -0.05) is 23.7 Å². The van der Waals surface area contributed by atoms with Gasteiger partial charge in [0.25, 0.3) is 0 Å². The largest absolute Gasteiger partial charge is 0.459 e. The van der Waals surface area contributed by atoms with Crippen LogP contribution in [-0.4, -0.2) is 23.0 Å². The third kappa shape index (κ3) is 2.87. The Morgan fingerprint density at radius 1 is 1.29 bits per heavy atom. The van der Waals surface area contributed by atoms with Crippen molar-refractivity contribution in [2.45, 2.75) is 33.5 Å². The van der Waals surface area contributed by atoms with Gasteiger partial charge in [-0.15, -0.1) is 0 Å². The van der Waals surface area contributed by atoms with Crippen molar-refractivity contribution in [3.05, 3.63) is 51.8 Å². The molecule has 0 saturated carbocycles. The maximum absolute atomic E-state index is 12.6. The standard InChI is InChI=1S/C18H16ClNO4/c1-9(2)24-17(21)14-10(3)20-16-13(8-23-18(16)22)15(14)11-4-6-12(19)7-5-11/h4-7,9H,8H2,1-3H3. The number of hydrogen-bond acceptors (Lipinski definition) is 5. The van der Waals surface area contributed by atoms with Gasteiger partial charge in [-0.05, 0) is 38.5 Å². The molecule has 0 amide bonds. The number of pyridine rings is 1. The molecule has 0 N–H and O–H groups in total. The van der Waals surface area contributed by atoms with Gasteiger partial charge in [0.1, 0.15) is 6.61 Å². The summed E-state index contributed by atoms with van der Waals surface area (Å²) >= 11 is 5.96. The number of carbonyl (C=O) groups is 2. The minimum atomic E-state index is -0.480. The highest BCUT2D eigenvalue weighted by atomic mass is 35.5. The fourth-order valence-corrected chi connectivity index (χ4v) is 2.84. The molecule has 5 nitrogen and oxygen atoms in total. The van der Waals surface area contributed by atoms with Gasteiger partial charge in [0.2, 0.25) is 0 Å². The molecule has 124 valence electrons. The maximum atomic E-state index is 12.6. The molecule has 1 aliphatic heterocycles. The van der Waals surface area contributed by atoms with Crippen molar-refractivity contribution in [2.24, 2.45) is 0 Å². The van der Waals surface area contributed by atoms with E-state index < -0.39 is 11.9 Å². The first kappa shape index (κ1) is 16.5.